The maximum absolute atomic E-state index is 15.6. The molecule has 0 radical (unpaired) electrons. The predicted octanol–water partition coefficient (Wildman–Crippen LogP) is 13.1. The molecule has 16 saturated carbocycles. The fourth-order valence-electron chi connectivity index (χ4n) is 31.0. The van der Waals surface area contributed by atoms with E-state index in [4.69, 9.17) is 80.5 Å². The summed E-state index contributed by atoms with van der Waals surface area (Å²) in [4.78, 5) is 220. The van der Waals surface area contributed by atoms with Gasteiger partial charge in [-0.1, -0.05) is 98.3 Å². The second-order valence-corrected chi connectivity index (χ2v) is 45.7. The second-order valence-electron chi connectivity index (χ2n) is 45.7. The minimum Gasteiger partial charge on any atom is -0.464 e. The summed E-state index contributed by atoms with van der Waals surface area (Å²) in [6.07, 6.45) is 18.9. The number of carbonyl (C=O) groups is 15. The fraction of sp³-hybridized carbons (Fsp3) is 0.857. The summed E-state index contributed by atoms with van der Waals surface area (Å²) in [5, 5.41) is 0. The highest BCUT2D eigenvalue weighted by atomic mass is 16.7. The van der Waals surface area contributed by atoms with Crippen LogP contribution in [0.15, 0.2) is 0 Å². The van der Waals surface area contributed by atoms with Crippen LogP contribution in [0.3, 0.4) is 0 Å². The normalized spacial score (nSPS) is 40.6. The molecule has 8 bridgehead atoms. The van der Waals surface area contributed by atoms with Gasteiger partial charge in [0.05, 0.1) is 107 Å². The van der Waals surface area contributed by atoms with Crippen molar-refractivity contribution in [2.24, 2.45) is 142 Å². The zero-order valence-corrected chi connectivity index (χ0v) is 80.2. The average Bonchev–Trinajstić information content (AvgIpc) is 1.56. The Kier molecular flexibility index (Phi) is 27.7. The summed E-state index contributed by atoms with van der Waals surface area (Å²) in [7, 11) is 0. The molecule has 0 aromatic heterocycles. The maximum atomic E-state index is 15.6. The van der Waals surface area contributed by atoms with E-state index in [9.17, 15) is 43.2 Å². The highest BCUT2D eigenvalue weighted by molar-refractivity contribution is 5.91. The van der Waals surface area contributed by atoms with Crippen LogP contribution < -0.4 is 0 Å². The van der Waals surface area contributed by atoms with Crippen molar-refractivity contribution in [2.45, 2.75) is 388 Å². The van der Waals surface area contributed by atoms with E-state index in [1.807, 2.05) is 27.7 Å². The Hall–Kier alpha value is -8.03. The number of ether oxygens (including phenoxy) is 17. The van der Waals surface area contributed by atoms with Crippen LogP contribution in [0, 0.1) is 142 Å². The van der Waals surface area contributed by atoms with Crippen LogP contribution in [0.2, 0.25) is 0 Å². The molecule has 32 nitrogen and oxygen atoms in total. The summed E-state index contributed by atoms with van der Waals surface area (Å²) in [5.74, 6) is -27.3. The van der Waals surface area contributed by atoms with Crippen LogP contribution in [-0.4, -0.2) is 200 Å². The lowest BCUT2D eigenvalue weighted by atomic mass is 9.77. The Balaban J connectivity index is 0.566. The van der Waals surface area contributed by atoms with Crippen molar-refractivity contribution in [3.05, 3.63) is 0 Å². The van der Waals surface area contributed by atoms with Crippen molar-refractivity contribution >= 4 is 89.5 Å². The zero-order chi connectivity index (χ0) is 95.3. The number of esters is 15. The monoisotopic (exact) mass is 1910 g/mol. The van der Waals surface area contributed by atoms with Crippen molar-refractivity contribution in [1.82, 2.24) is 0 Å². The first-order valence-corrected chi connectivity index (χ1v) is 53.5. The van der Waals surface area contributed by atoms with Crippen LogP contribution in [0.4, 0.5) is 0 Å². The molecule has 0 N–H and O–H groups in total. The van der Waals surface area contributed by atoms with Crippen molar-refractivity contribution in [1.29, 1.82) is 0 Å². The fourth-order valence-corrected chi connectivity index (χ4v) is 31.0. The smallest absolute Gasteiger partial charge is 0.310 e. The lowest BCUT2D eigenvalue weighted by molar-refractivity contribution is -0.190. The first kappa shape index (κ1) is 96.5. The topological polar surface area (TPSA) is 413 Å². The van der Waals surface area contributed by atoms with E-state index in [1.54, 1.807) is 0 Å². The van der Waals surface area contributed by atoms with Gasteiger partial charge in [0, 0.05) is 47.3 Å². The number of rotatable bonds is 34. The Labute approximate surface area is 800 Å². The van der Waals surface area contributed by atoms with Crippen molar-refractivity contribution in [3.8, 4) is 0 Å². The zero-order valence-electron chi connectivity index (χ0n) is 80.2. The molecule has 0 aromatic carbocycles. The van der Waals surface area contributed by atoms with E-state index in [2.05, 4.69) is 0 Å². The van der Waals surface area contributed by atoms with E-state index < -0.39 is 336 Å². The minimum atomic E-state index is -1.92. The van der Waals surface area contributed by atoms with Gasteiger partial charge in [-0.2, -0.15) is 0 Å². The Morgan fingerprint density at radius 3 is 0.818 bits per heavy atom. The van der Waals surface area contributed by atoms with Crippen molar-refractivity contribution in [2.75, 3.05) is 33.2 Å². The van der Waals surface area contributed by atoms with Crippen LogP contribution in [-0.2, 0) is 152 Å². The Bertz CT molecular complexity index is 4260. The Morgan fingerprint density at radius 1 is 0.285 bits per heavy atom. The van der Waals surface area contributed by atoms with Crippen LogP contribution >= 0.6 is 0 Å². The highest BCUT2D eigenvalue weighted by Gasteiger charge is 2.76. The standard InChI is InChI=1S/C105H142O32/c1-5-102(36-19-9-20-37-102)134-97(117)74-66-45-62-70(74)93(113)130-82(62)78(66)126-86(106)54-28-27-29-55(44-54)125-53-121-49-101(50-122-87(107)56-30-13-16-33-59(56)90(110)127-79-67-46-63-71(94(114)131-83(63)79)75(67)98(118)135-103(6-2)38-21-10-22-39-103,51-123-88(108)57-31-14-17-34-60(57)91(111)128-80-68-47-64-72(95(115)132-84(64)80)76(68)99(119)136-104(7-3)40-23-11-24-41-104)52-124-89(109)58-32-15-18-35-61(58)92(112)129-81-69-48-65-73(96(116)133-85(65)81)77(69)100(120)137-105(8-4)42-25-12-26-43-105/h54-85H,5-53H2,1-4H3. The molecule has 32 atom stereocenters. The molecule has 4 heterocycles. The molecule has 16 aliphatic carbocycles. The molecule has 0 spiro atoms. The molecule has 20 aliphatic rings. The molecule has 4 aliphatic heterocycles. The van der Waals surface area contributed by atoms with E-state index in [0.29, 0.717) is 148 Å². The predicted molar refractivity (Wildman–Crippen MR) is 471 cm³/mol. The lowest BCUT2D eigenvalue weighted by Gasteiger charge is -2.39. The van der Waals surface area contributed by atoms with Gasteiger partial charge in [0.2, 0.25) is 0 Å². The number of carbonyl (C=O) groups excluding carboxylic acids is 15. The lowest BCUT2D eigenvalue weighted by Crippen LogP contribution is -2.48. The Morgan fingerprint density at radius 2 is 0.547 bits per heavy atom. The molecule has 32 unspecified atom stereocenters. The number of fused-ring (bicyclic) bond motifs is 4. The van der Waals surface area contributed by atoms with E-state index in [1.165, 1.54) is 0 Å². The second kappa shape index (κ2) is 39.4. The van der Waals surface area contributed by atoms with Gasteiger partial charge in [0.1, 0.15) is 97.8 Å². The molecular weight excluding hydrogens is 1770 g/mol. The van der Waals surface area contributed by atoms with Gasteiger partial charge in [0.15, 0.2) is 0 Å². The van der Waals surface area contributed by atoms with Crippen LogP contribution in [0.5, 0.6) is 0 Å². The average molecular weight is 1920 g/mol. The van der Waals surface area contributed by atoms with Crippen molar-refractivity contribution < 1.29 is 152 Å². The third-order valence-electron chi connectivity index (χ3n) is 38.6. The highest BCUT2D eigenvalue weighted by Crippen LogP contribution is 2.65. The van der Waals surface area contributed by atoms with Crippen LogP contribution in [0.25, 0.3) is 0 Å². The van der Waals surface area contributed by atoms with Gasteiger partial charge < -0.3 is 80.5 Å². The van der Waals surface area contributed by atoms with E-state index >= 15 is 28.8 Å². The minimum absolute atomic E-state index is 0.150. The van der Waals surface area contributed by atoms with E-state index in [-0.39, 0.29) is 50.9 Å². The van der Waals surface area contributed by atoms with Gasteiger partial charge in [-0.05, 0) is 212 Å². The molecule has 20 fully saturated rings. The molecule has 0 aromatic rings. The van der Waals surface area contributed by atoms with Gasteiger partial charge in [0.25, 0.3) is 0 Å². The summed E-state index contributed by atoms with van der Waals surface area (Å²) in [5.41, 5.74) is -4.58. The summed E-state index contributed by atoms with van der Waals surface area (Å²) in [6.45, 7) is 4.73. The SMILES string of the molecule is CCC1(OC(=O)C2C3CC4C(OC(=O)C42)C3OC(=O)C2CCCC(OCOCC(COC(=O)C3CCCCC3C(=O)OC3C4CC5C3OC(=O)C5C4C(=O)OC3(CC)CCCCC3)(COC(=O)C3CCCCC3C(=O)OC3C4CC5C3OC(=O)C5C4C(=O)OC3(CC)CCCCC3)COC(=O)C3CCCCC3C(=O)OC3C4CC5C3OC(=O)C5C4C(=O)OC3(CC)CCCCC3)C2)CCCCC1. The largest absolute Gasteiger partial charge is 0.464 e. The van der Waals surface area contributed by atoms with E-state index in [0.717, 1.165) is 89.9 Å². The first-order chi connectivity index (χ1) is 66.2. The van der Waals surface area contributed by atoms with Gasteiger partial charge >= 0.3 is 89.5 Å². The third kappa shape index (κ3) is 17.9. The summed E-state index contributed by atoms with van der Waals surface area (Å²) < 4.78 is 108. The van der Waals surface area contributed by atoms with Gasteiger partial charge in [-0.15, -0.1) is 0 Å². The van der Waals surface area contributed by atoms with Gasteiger partial charge in [-0.25, -0.2) is 0 Å². The molecular formula is C105H142O32. The molecule has 137 heavy (non-hydrogen) atoms. The van der Waals surface area contributed by atoms with Crippen LogP contribution in [0.1, 0.15) is 310 Å². The third-order valence-corrected chi connectivity index (χ3v) is 38.6. The van der Waals surface area contributed by atoms with Gasteiger partial charge in [-0.3, -0.25) is 71.9 Å². The quantitative estimate of drug-likeness (QED) is 0.0250. The summed E-state index contributed by atoms with van der Waals surface area (Å²) in [6, 6.07) is 0. The first-order valence-electron chi connectivity index (χ1n) is 53.5. The molecule has 20 rings (SSSR count). The van der Waals surface area contributed by atoms with Crippen molar-refractivity contribution in [3.63, 3.8) is 0 Å². The molecule has 754 valence electrons. The maximum Gasteiger partial charge on any atom is 0.310 e. The number of hydrogen-bond acceptors (Lipinski definition) is 32. The molecule has 4 saturated heterocycles. The molecule has 0 amide bonds. The molecule has 32 heteroatoms. The summed E-state index contributed by atoms with van der Waals surface area (Å²) >= 11 is 0. The number of hydrogen-bond donors (Lipinski definition) is 0.